The summed E-state index contributed by atoms with van der Waals surface area (Å²) in [5.41, 5.74) is 0. The summed E-state index contributed by atoms with van der Waals surface area (Å²) in [6, 6.07) is 0. The summed E-state index contributed by atoms with van der Waals surface area (Å²) in [6.45, 7) is 6.26. The van der Waals surface area contributed by atoms with E-state index in [0.29, 0.717) is 12.8 Å². The first-order valence-corrected chi connectivity index (χ1v) is 10.4. The number of hydrogen-bond donors (Lipinski definition) is 0. The van der Waals surface area contributed by atoms with E-state index in [4.69, 9.17) is 9.47 Å². The largest absolute Gasteiger partial charge is 0.462 e. The summed E-state index contributed by atoms with van der Waals surface area (Å²) in [7, 11) is 0. The lowest BCUT2D eigenvalue weighted by molar-refractivity contribution is -0.158. The molecule has 0 radical (unpaired) electrons. The Morgan fingerprint density at radius 1 is 0.680 bits per heavy atom. The molecule has 4 nitrogen and oxygen atoms in total. The Balaban J connectivity index is 3.46. The van der Waals surface area contributed by atoms with E-state index in [1.54, 1.807) is 6.92 Å². The third-order valence-electron chi connectivity index (χ3n) is 4.28. The van der Waals surface area contributed by atoms with E-state index >= 15 is 0 Å². The molecule has 148 valence electrons. The summed E-state index contributed by atoms with van der Waals surface area (Å²) in [5.74, 6) is -0.382. The van der Waals surface area contributed by atoms with Crippen LogP contribution in [-0.2, 0) is 19.1 Å². The van der Waals surface area contributed by atoms with E-state index in [1.807, 2.05) is 0 Å². The van der Waals surface area contributed by atoms with Gasteiger partial charge in [0.15, 0.2) is 0 Å². The van der Waals surface area contributed by atoms with Crippen LogP contribution >= 0.6 is 0 Å². The average molecular weight is 357 g/mol. The molecule has 0 aliphatic rings. The topological polar surface area (TPSA) is 52.6 Å². The number of hydrogen-bond acceptors (Lipinski definition) is 4. The van der Waals surface area contributed by atoms with Crippen LogP contribution in [0.3, 0.4) is 0 Å². The normalized spacial score (nSPS) is 12.0. The lowest BCUT2D eigenvalue weighted by Crippen LogP contribution is -2.22. The zero-order valence-corrected chi connectivity index (χ0v) is 16.8. The van der Waals surface area contributed by atoms with Crippen LogP contribution in [0.5, 0.6) is 0 Å². The molecule has 0 aliphatic carbocycles. The minimum atomic E-state index is -0.360. The van der Waals surface area contributed by atoms with E-state index in [2.05, 4.69) is 13.8 Å². The van der Waals surface area contributed by atoms with Gasteiger partial charge in [-0.05, 0) is 19.8 Å². The average Bonchev–Trinajstić information content (AvgIpc) is 2.58. The summed E-state index contributed by atoms with van der Waals surface area (Å²) in [5, 5.41) is 0. The Hall–Kier alpha value is -1.06. The maximum atomic E-state index is 11.7. The second-order valence-corrected chi connectivity index (χ2v) is 7.02. The van der Waals surface area contributed by atoms with Crippen molar-refractivity contribution >= 4 is 11.9 Å². The molecule has 0 heterocycles. The Bertz CT molecular complexity index is 328. The van der Waals surface area contributed by atoms with Gasteiger partial charge >= 0.3 is 11.9 Å². The van der Waals surface area contributed by atoms with Gasteiger partial charge in [0.25, 0.3) is 0 Å². The third-order valence-corrected chi connectivity index (χ3v) is 4.28. The van der Waals surface area contributed by atoms with Crippen LogP contribution in [0, 0.1) is 0 Å². The molecule has 4 heteroatoms. The van der Waals surface area contributed by atoms with Crippen molar-refractivity contribution in [1.82, 2.24) is 0 Å². The molecule has 25 heavy (non-hydrogen) atoms. The first-order valence-electron chi connectivity index (χ1n) is 10.4. The molecule has 0 spiro atoms. The molecular weight excluding hydrogens is 316 g/mol. The number of unbranched alkanes of at least 4 members (excludes halogenated alkanes) is 10. The minimum absolute atomic E-state index is 0.162. The van der Waals surface area contributed by atoms with Gasteiger partial charge in [0.05, 0.1) is 0 Å². The Morgan fingerprint density at radius 2 is 1.12 bits per heavy atom. The Kier molecular flexibility index (Phi) is 17.0. The van der Waals surface area contributed by atoms with Gasteiger partial charge in [0.2, 0.25) is 0 Å². The summed E-state index contributed by atoms with van der Waals surface area (Å²) in [4.78, 5) is 23.3. The van der Waals surface area contributed by atoms with E-state index in [1.165, 1.54) is 44.9 Å². The van der Waals surface area contributed by atoms with E-state index in [0.717, 1.165) is 32.1 Å². The molecule has 0 aromatic rings. The van der Waals surface area contributed by atoms with Crippen molar-refractivity contribution in [3.8, 4) is 0 Å². The summed E-state index contributed by atoms with van der Waals surface area (Å²) >= 11 is 0. The molecule has 0 bridgehead atoms. The first kappa shape index (κ1) is 23.9. The number of carbonyl (C=O) groups is 2. The van der Waals surface area contributed by atoms with Crippen molar-refractivity contribution in [2.45, 2.75) is 117 Å². The van der Waals surface area contributed by atoms with Crippen molar-refractivity contribution in [1.29, 1.82) is 0 Å². The maximum absolute atomic E-state index is 11.7. The van der Waals surface area contributed by atoms with E-state index in [-0.39, 0.29) is 24.6 Å². The van der Waals surface area contributed by atoms with Gasteiger partial charge in [0, 0.05) is 12.8 Å². The molecule has 1 atom stereocenters. The second kappa shape index (κ2) is 17.8. The van der Waals surface area contributed by atoms with E-state index < -0.39 is 0 Å². The monoisotopic (exact) mass is 356 g/mol. The van der Waals surface area contributed by atoms with Crippen LogP contribution in [0.25, 0.3) is 0 Å². The van der Waals surface area contributed by atoms with Crippen molar-refractivity contribution in [3.05, 3.63) is 0 Å². The predicted molar refractivity (Wildman–Crippen MR) is 102 cm³/mol. The smallest absolute Gasteiger partial charge is 0.306 e. The van der Waals surface area contributed by atoms with Crippen LogP contribution in [0.2, 0.25) is 0 Å². The van der Waals surface area contributed by atoms with Gasteiger partial charge in [-0.3, -0.25) is 9.59 Å². The number of ether oxygens (including phenoxy) is 2. The zero-order valence-electron chi connectivity index (χ0n) is 16.8. The highest BCUT2D eigenvalue weighted by Gasteiger charge is 2.12. The number of rotatable bonds is 17. The minimum Gasteiger partial charge on any atom is -0.462 e. The van der Waals surface area contributed by atoms with Gasteiger partial charge in [-0.25, -0.2) is 0 Å². The fraction of sp³-hybridized carbons (Fsp3) is 0.905. The first-order chi connectivity index (χ1) is 12.1. The SMILES string of the molecule is CCCCCCCCCCCC(=O)OC[C@H](C)OC(=O)CCCCC. The molecule has 0 unspecified atom stereocenters. The molecule has 0 saturated carbocycles. The fourth-order valence-electron chi connectivity index (χ4n) is 2.70. The molecule has 0 aromatic heterocycles. The molecule has 0 fully saturated rings. The molecule has 0 N–H and O–H groups in total. The Labute approximate surface area is 155 Å². The highest BCUT2D eigenvalue weighted by atomic mass is 16.6. The summed E-state index contributed by atoms with van der Waals surface area (Å²) < 4.78 is 10.4. The number of carbonyl (C=O) groups excluding carboxylic acids is 2. The second-order valence-electron chi connectivity index (χ2n) is 7.02. The quantitative estimate of drug-likeness (QED) is 0.238. The van der Waals surface area contributed by atoms with Gasteiger partial charge in [-0.15, -0.1) is 0 Å². The predicted octanol–water partition coefficient (Wildman–Crippen LogP) is 5.96. The molecule has 0 rings (SSSR count). The highest BCUT2D eigenvalue weighted by molar-refractivity contribution is 5.70. The van der Waals surface area contributed by atoms with Gasteiger partial charge in [-0.1, -0.05) is 78.1 Å². The van der Waals surface area contributed by atoms with Gasteiger partial charge < -0.3 is 9.47 Å². The van der Waals surface area contributed by atoms with Gasteiger partial charge in [0.1, 0.15) is 12.7 Å². The number of esters is 2. The van der Waals surface area contributed by atoms with Crippen LogP contribution in [0.1, 0.15) is 111 Å². The molecule has 0 aromatic carbocycles. The van der Waals surface area contributed by atoms with Crippen LogP contribution in [-0.4, -0.2) is 24.6 Å². The molecule has 0 saturated heterocycles. The fourth-order valence-corrected chi connectivity index (χ4v) is 2.70. The molecule has 0 aliphatic heterocycles. The Morgan fingerprint density at radius 3 is 1.72 bits per heavy atom. The van der Waals surface area contributed by atoms with Crippen molar-refractivity contribution in [2.75, 3.05) is 6.61 Å². The van der Waals surface area contributed by atoms with Crippen molar-refractivity contribution in [3.63, 3.8) is 0 Å². The van der Waals surface area contributed by atoms with Crippen LogP contribution in [0.4, 0.5) is 0 Å². The maximum Gasteiger partial charge on any atom is 0.306 e. The lowest BCUT2D eigenvalue weighted by Gasteiger charge is -2.13. The van der Waals surface area contributed by atoms with Crippen LogP contribution < -0.4 is 0 Å². The standard InChI is InChI=1S/C21H40O4/c1-4-6-8-9-10-11-12-13-15-16-20(22)24-18-19(3)25-21(23)17-14-7-5-2/h19H,4-18H2,1-3H3/t19-/m0/s1. The highest BCUT2D eigenvalue weighted by Crippen LogP contribution is 2.11. The third kappa shape index (κ3) is 17.6. The molecular formula is C21H40O4. The molecule has 0 amide bonds. The van der Waals surface area contributed by atoms with Crippen molar-refractivity contribution in [2.24, 2.45) is 0 Å². The van der Waals surface area contributed by atoms with Gasteiger partial charge in [-0.2, -0.15) is 0 Å². The van der Waals surface area contributed by atoms with Crippen LogP contribution in [0.15, 0.2) is 0 Å². The zero-order chi connectivity index (χ0) is 18.8. The van der Waals surface area contributed by atoms with E-state index in [9.17, 15) is 9.59 Å². The lowest BCUT2D eigenvalue weighted by atomic mass is 10.1. The van der Waals surface area contributed by atoms with Crippen molar-refractivity contribution < 1.29 is 19.1 Å². The summed E-state index contributed by atoms with van der Waals surface area (Å²) in [6.07, 6.45) is 14.6.